The first kappa shape index (κ1) is 8.77. The Morgan fingerprint density at radius 3 is 2.83 bits per heavy atom. The molecule has 0 N–H and O–H groups in total. The molecular weight excluding hydrogens is 160 g/mol. The Balaban J connectivity index is 2.69. The lowest BCUT2D eigenvalue weighted by atomic mass is 10.1. The summed E-state index contributed by atoms with van der Waals surface area (Å²) < 4.78 is 9.18. The molecule has 12 heavy (non-hydrogen) atoms. The number of hydrogen-bond acceptors (Lipinski definition) is 4. The first-order valence-corrected chi connectivity index (χ1v) is 3.63. The fraction of sp³-hybridized carbons (Fsp3) is 0.500. The lowest BCUT2D eigenvalue weighted by Crippen LogP contribution is -2.01. The van der Waals surface area contributed by atoms with Crippen molar-refractivity contribution < 1.29 is 19.1 Å². The maximum Gasteiger partial charge on any atom is 0.334 e. The highest BCUT2D eigenvalue weighted by Gasteiger charge is 2.25. The highest BCUT2D eigenvalue weighted by molar-refractivity contribution is 5.97. The minimum Gasteiger partial charge on any atom is -0.466 e. The smallest absolute Gasteiger partial charge is 0.334 e. The zero-order chi connectivity index (χ0) is 9.14. The molecule has 1 saturated heterocycles. The minimum atomic E-state index is -0.518. The van der Waals surface area contributed by atoms with E-state index in [1.165, 1.54) is 13.2 Å². The first-order chi connectivity index (χ1) is 5.63. The average molecular weight is 170 g/mol. The van der Waals surface area contributed by atoms with Crippen LogP contribution < -0.4 is 0 Å². The largest absolute Gasteiger partial charge is 0.466 e. The number of rotatable bonds is 1. The third kappa shape index (κ3) is 1.84. The van der Waals surface area contributed by atoms with Gasteiger partial charge in [-0.3, -0.25) is 0 Å². The Morgan fingerprint density at radius 1 is 1.75 bits per heavy atom. The van der Waals surface area contributed by atoms with Crippen LogP contribution in [0.15, 0.2) is 11.6 Å². The molecule has 1 atom stereocenters. The lowest BCUT2D eigenvalue weighted by Gasteiger charge is -1.94. The van der Waals surface area contributed by atoms with Gasteiger partial charge in [-0.15, -0.1) is 0 Å². The Hall–Kier alpha value is -1.32. The summed E-state index contributed by atoms with van der Waals surface area (Å²) in [6.07, 6.45) is 1.52. The molecule has 1 unspecified atom stereocenters. The first-order valence-electron chi connectivity index (χ1n) is 3.63. The van der Waals surface area contributed by atoms with Crippen molar-refractivity contribution in [3.05, 3.63) is 11.6 Å². The van der Waals surface area contributed by atoms with Crippen LogP contribution in [0.5, 0.6) is 0 Å². The minimum absolute atomic E-state index is 0.131. The summed E-state index contributed by atoms with van der Waals surface area (Å²) in [6.45, 7) is 1.77. The van der Waals surface area contributed by atoms with E-state index in [1.54, 1.807) is 6.92 Å². The summed E-state index contributed by atoms with van der Waals surface area (Å²) in [6, 6.07) is 0. The molecular formula is C8H10O4. The standard InChI is InChI=1S/C8H10O4/c1-5-3-6(8(10)12-5)4-7(9)11-2/h4-5H,3H2,1-2H3/b6-4-. The van der Waals surface area contributed by atoms with E-state index in [-0.39, 0.29) is 6.10 Å². The van der Waals surface area contributed by atoms with Crippen LogP contribution in [0.4, 0.5) is 0 Å². The van der Waals surface area contributed by atoms with Gasteiger partial charge < -0.3 is 9.47 Å². The van der Waals surface area contributed by atoms with Crippen molar-refractivity contribution in [2.45, 2.75) is 19.4 Å². The molecule has 0 amide bonds. The third-order valence-corrected chi connectivity index (χ3v) is 1.57. The molecule has 1 aliphatic rings. The molecule has 0 aliphatic carbocycles. The number of ether oxygens (including phenoxy) is 2. The monoisotopic (exact) mass is 170 g/mol. The van der Waals surface area contributed by atoms with Crippen LogP contribution in [0.1, 0.15) is 13.3 Å². The van der Waals surface area contributed by atoms with Crippen molar-refractivity contribution >= 4 is 11.9 Å². The highest BCUT2D eigenvalue weighted by Crippen LogP contribution is 2.19. The van der Waals surface area contributed by atoms with Gasteiger partial charge in [0, 0.05) is 18.1 Å². The molecule has 4 nitrogen and oxygen atoms in total. The molecule has 4 heteroatoms. The van der Waals surface area contributed by atoms with Gasteiger partial charge in [0.25, 0.3) is 0 Å². The second-order valence-corrected chi connectivity index (χ2v) is 2.61. The summed E-state index contributed by atoms with van der Waals surface area (Å²) in [4.78, 5) is 21.7. The van der Waals surface area contributed by atoms with Crippen molar-refractivity contribution in [3.63, 3.8) is 0 Å². The van der Waals surface area contributed by atoms with Gasteiger partial charge in [0.1, 0.15) is 6.10 Å². The summed E-state index contributed by atoms with van der Waals surface area (Å²) in [5.74, 6) is -0.941. The van der Waals surface area contributed by atoms with E-state index < -0.39 is 11.9 Å². The van der Waals surface area contributed by atoms with Crippen molar-refractivity contribution in [3.8, 4) is 0 Å². The van der Waals surface area contributed by atoms with Gasteiger partial charge in [-0.1, -0.05) is 0 Å². The molecule has 66 valence electrons. The number of carbonyl (C=O) groups is 2. The molecule has 0 aromatic carbocycles. The molecule has 0 aromatic heterocycles. The van der Waals surface area contributed by atoms with Crippen LogP contribution in [-0.4, -0.2) is 25.2 Å². The number of esters is 2. The average Bonchev–Trinajstić information content (AvgIpc) is 2.30. The molecule has 0 saturated carbocycles. The van der Waals surface area contributed by atoms with Crippen LogP contribution >= 0.6 is 0 Å². The van der Waals surface area contributed by atoms with Gasteiger partial charge in [0.2, 0.25) is 0 Å². The van der Waals surface area contributed by atoms with Gasteiger partial charge in [-0.25, -0.2) is 9.59 Å². The van der Waals surface area contributed by atoms with E-state index in [0.29, 0.717) is 12.0 Å². The normalized spacial score (nSPS) is 25.7. The van der Waals surface area contributed by atoms with Crippen LogP contribution in [0.25, 0.3) is 0 Å². The van der Waals surface area contributed by atoms with Gasteiger partial charge in [0.05, 0.1) is 7.11 Å². The number of carbonyl (C=O) groups excluding carboxylic acids is 2. The summed E-state index contributed by atoms with van der Waals surface area (Å²) >= 11 is 0. The van der Waals surface area contributed by atoms with Gasteiger partial charge in [0.15, 0.2) is 0 Å². The maximum atomic E-state index is 10.9. The van der Waals surface area contributed by atoms with Crippen LogP contribution in [0.3, 0.4) is 0 Å². The summed E-state index contributed by atoms with van der Waals surface area (Å²) in [5, 5.41) is 0. The summed E-state index contributed by atoms with van der Waals surface area (Å²) in [7, 11) is 1.27. The SMILES string of the molecule is COC(=O)/C=C1/CC(C)OC1=O. The predicted molar refractivity (Wildman–Crippen MR) is 40.3 cm³/mol. The van der Waals surface area contributed by atoms with Gasteiger partial charge >= 0.3 is 11.9 Å². The zero-order valence-corrected chi connectivity index (χ0v) is 6.99. The van der Waals surface area contributed by atoms with Gasteiger partial charge in [-0.05, 0) is 6.92 Å². The van der Waals surface area contributed by atoms with E-state index in [4.69, 9.17) is 4.74 Å². The number of cyclic esters (lactones) is 1. The van der Waals surface area contributed by atoms with Crippen LogP contribution in [-0.2, 0) is 19.1 Å². The molecule has 1 heterocycles. The summed E-state index contributed by atoms with van der Waals surface area (Å²) in [5.41, 5.74) is 0.384. The molecule has 0 spiro atoms. The Morgan fingerprint density at radius 2 is 2.42 bits per heavy atom. The third-order valence-electron chi connectivity index (χ3n) is 1.57. The highest BCUT2D eigenvalue weighted by atomic mass is 16.5. The topological polar surface area (TPSA) is 52.6 Å². The predicted octanol–water partition coefficient (Wildman–Crippen LogP) is 0.421. The fourth-order valence-electron chi connectivity index (χ4n) is 1.01. The van der Waals surface area contributed by atoms with E-state index in [1.807, 2.05) is 0 Å². The van der Waals surface area contributed by atoms with E-state index in [2.05, 4.69) is 4.74 Å². The Labute approximate surface area is 70.1 Å². The second kappa shape index (κ2) is 3.38. The van der Waals surface area contributed by atoms with E-state index in [0.717, 1.165) is 0 Å². The molecule has 1 fully saturated rings. The quantitative estimate of drug-likeness (QED) is 0.422. The van der Waals surface area contributed by atoms with Crippen molar-refractivity contribution in [2.75, 3.05) is 7.11 Å². The zero-order valence-electron chi connectivity index (χ0n) is 6.99. The van der Waals surface area contributed by atoms with Crippen LogP contribution in [0.2, 0.25) is 0 Å². The van der Waals surface area contributed by atoms with Crippen molar-refractivity contribution in [1.29, 1.82) is 0 Å². The fourth-order valence-corrected chi connectivity index (χ4v) is 1.01. The Bertz CT molecular complexity index is 241. The van der Waals surface area contributed by atoms with Crippen molar-refractivity contribution in [1.82, 2.24) is 0 Å². The van der Waals surface area contributed by atoms with E-state index >= 15 is 0 Å². The number of methoxy groups -OCH3 is 1. The maximum absolute atomic E-state index is 10.9. The molecule has 0 radical (unpaired) electrons. The lowest BCUT2D eigenvalue weighted by molar-refractivity contribution is -0.139. The second-order valence-electron chi connectivity index (χ2n) is 2.61. The molecule has 0 bridgehead atoms. The van der Waals surface area contributed by atoms with Gasteiger partial charge in [-0.2, -0.15) is 0 Å². The van der Waals surface area contributed by atoms with E-state index in [9.17, 15) is 9.59 Å². The molecule has 1 aliphatic heterocycles. The molecule has 1 rings (SSSR count). The number of hydrogen-bond donors (Lipinski definition) is 0. The molecule has 0 aromatic rings. The van der Waals surface area contributed by atoms with Crippen LogP contribution in [0, 0.1) is 0 Å². The van der Waals surface area contributed by atoms with Crippen molar-refractivity contribution in [2.24, 2.45) is 0 Å². The Kier molecular flexibility index (Phi) is 2.47.